The van der Waals surface area contributed by atoms with Crippen molar-refractivity contribution < 1.29 is 23.2 Å². The SMILES string of the molecule is CO/N=C(\C(C)=N\O)c1ccc(C(F)(F)F)cc1. The standard InChI is InChI=1S/C11H11F3N2O2/c1-7(15-17)10(16-18-2)8-3-5-9(6-4-8)11(12,13)14/h3-6,17H,1-2H3/b15-7+,16-10+. The van der Waals surface area contributed by atoms with Gasteiger partial charge in [-0.15, -0.1) is 0 Å². The van der Waals surface area contributed by atoms with Crippen LogP contribution in [0.3, 0.4) is 0 Å². The Morgan fingerprint density at radius 1 is 1.22 bits per heavy atom. The Morgan fingerprint density at radius 3 is 2.17 bits per heavy atom. The van der Waals surface area contributed by atoms with Crippen molar-refractivity contribution in [3.63, 3.8) is 0 Å². The van der Waals surface area contributed by atoms with Crippen molar-refractivity contribution >= 4 is 11.4 Å². The van der Waals surface area contributed by atoms with Crippen LogP contribution in [0.25, 0.3) is 0 Å². The van der Waals surface area contributed by atoms with Crippen LogP contribution in [-0.4, -0.2) is 23.7 Å². The molecule has 0 aliphatic carbocycles. The van der Waals surface area contributed by atoms with Crippen LogP contribution in [0.5, 0.6) is 0 Å². The van der Waals surface area contributed by atoms with Crippen LogP contribution in [0.4, 0.5) is 13.2 Å². The van der Waals surface area contributed by atoms with E-state index in [0.29, 0.717) is 5.56 Å². The molecular weight excluding hydrogens is 249 g/mol. The highest BCUT2D eigenvalue weighted by Gasteiger charge is 2.30. The molecular formula is C11H11F3N2O2. The van der Waals surface area contributed by atoms with Crippen molar-refractivity contribution in [3.8, 4) is 0 Å². The third-order valence-corrected chi connectivity index (χ3v) is 2.16. The summed E-state index contributed by atoms with van der Waals surface area (Å²) in [4.78, 5) is 4.55. The highest BCUT2D eigenvalue weighted by molar-refractivity contribution is 6.47. The van der Waals surface area contributed by atoms with Crippen molar-refractivity contribution in [2.45, 2.75) is 13.1 Å². The maximum Gasteiger partial charge on any atom is 0.416 e. The zero-order valence-electron chi connectivity index (χ0n) is 9.69. The third kappa shape index (κ3) is 3.22. The van der Waals surface area contributed by atoms with Gasteiger partial charge in [0, 0.05) is 5.56 Å². The average molecular weight is 260 g/mol. The zero-order chi connectivity index (χ0) is 13.8. The summed E-state index contributed by atoms with van der Waals surface area (Å²) in [5.41, 5.74) is -0.105. The van der Waals surface area contributed by atoms with Crippen LogP contribution in [0.2, 0.25) is 0 Å². The Balaban J connectivity index is 3.14. The van der Waals surface area contributed by atoms with Gasteiger partial charge in [-0.1, -0.05) is 22.4 Å². The van der Waals surface area contributed by atoms with E-state index in [1.807, 2.05) is 0 Å². The first-order chi connectivity index (χ1) is 8.40. The summed E-state index contributed by atoms with van der Waals surface area (Å²) in [7, 11) is 1.29. The summed E-state index contributed by atoms with van der Waals surface area (Å²) < 4.78 is 37.1. The predicted octanol–water partition coefficient (Wildman–Crippen LogP) is 2.91. The molecule has 0 unspecified atom stereocenters. The number of oxime groups is 2. The van der Waals surface area contributed by atoms with Gasteiger partial charge in [0.2, 0.25) is 0 Å². The quantitative estimate of drug-likeness (QED) is 0.516. The van der Waals surface area contributed by atoms with Crippen LogP contribution in [0.15, 0.2) is 34.6 Å². The second-order valence-corrected chi connectivity index (χ2v) is 3.38. The minimum atomic E-state index is -4.39. The number of halogens is 3. The molecule has 0 atom stereocenters. The molecule has 0 aromatic heterocycles. The molecule has 0 bridgehead atoms. The lowest BCUT2D eigenvalue weighted by Crippen LogP contribution is -2.13. The molecule has 1 aromatic rings. The van der Waals surface area contributed by atoms with Gasteiger partial charge in [-0.2, -0.15) is 13.2 Å². The normalized spacial score (nSPS) is 13.6. The number of hydrogen-bond donors (Lipinski definition) is 1. The Morgan fingerprint density at radius 2 is 1.78 bits per heavy atom. The second-order valence-electron chi connectivity index (χ2n) is 3.38. The lowest BCUT2D eigenvalue weighted by atomic mass is 10.0. The van der Waals surface area contributed by atoms with Crippen LogP contribution in [0.1, 0.15) is 18.1 Å². The fourth-order valence-electron chi connectivity index (χ4n) is 1.28. The van der Waals surface area contributed by atoms with E-state index in [2.05, 4.69) is 15.1 Å². The third-order valence-electron chi connectivity index (χ3n) is 2.16. The van der Waals surface area contributed by atoms with E-state index in [4.69, 9.17) is 5.21 Å². The molecule has 18 heavy (non-hydrogen) atoms. The van der Waals surface area contributed by atoms with Crippen molar-refractivity contribution in [3.05, 3.63) is 35.4 Å². The van der Waals surface area contributed by atoms with Crippen LogP contribution >= 0.6 is 0 Å². The molecule has 0 aliphatic rings. The van der Waals surface area contributed by atoms with Crippen LogP contribution < -0.4 is 0 Å². The summed E-state index contributed by atoms with van der Waals surface area (Å²) in [5, 5.41) is 15.2. The number of rotatable bonds is 3. The number of benzene rings is 1. The minimum absolute atomic E-state index is 0.136. The number of nitrogens with zero attached hydrogens (tertiary/aromatic N) is 2. The number of hydrogen-bond acceptors (Lipinski definition) is 4. The summed E-state index contributed by atoms with van der Waals surface area (Å²) >= 11 is 0. The van der Waals surface area contributed by atoms with E-state index in [1.165, 1.54) is 26.2 Å². The Hall–Kier alpha value is -2.05. The molecule has 1 aromatic carbocycles. The molecule has 0 aliphatic heterocycles. The molecule has 98 valence electrons. The molecule has 0 heterocycles. The Bertz CT molecular complexity index is 464. The van der Waals surface area contributed by atoms with Gasteiger partial charge in [0.15, 0.2) is 0 Å². The highest BCUT2D eigenvalue weighted by atomic mass is 19.4. The number of alkyl halides is 3. The molecule has 0 fully saturated rings. The van der Waals surface area contributed by atoms with Crippen LogP contribution in [0, 0.1) is 0 Å². The minimum Gasteiger partial charge on any atom is -0.411 e. The fourth-order valence-corrected chi connectivity index (χ4v) is 1.28. The predicted molar refractivity (Wildman–Crippen MR) is 59.9 cm³/mol. The van der Waals surface area contributed by atoms with Gasteiger partial charge in [-0.3, -0.25) is 0 Å². The van der Waals surface area contributed by atoms with Crippen molar-refractivity contribution in [1.82, 2.24) is 0 Å². The van der Waals surface area contributed by atoms with E-state index in [1.54, 1.807) is 0 Å². The first-order valence-corrected chi connectivity index (χ1v) is 4.88. The fraction of sp³-hybridized carbons (Fsp3) is 0.273. The lowest BCUT2D eigenvalue weighted by Gasteiger charge is -2.08. The van der Waals surface area contributed by atoms with E-state index in [-0.39, 0.29) is 11.4 Å². The van der Waals surface area contributed by atoms with Gasteiger partial charge in [-0.25, -0.2) is 0 Å². The molecule has 0 radical (unpaired) electrons. The molecule has 1 rings (SSSR count). The van der Waals surface area contributed by atoms with E-state index < -0.39 is 11.7 Å². The summed E-state index contributed by atoms with van der Waals surface area (Å²) in [6.45, 7) is 1.45. The van der Waals surface area contributed by atoms with Crippen LogP contribution in [-0.2, 0) is 11.0 Å². The molecule has 4 nitrogen and oxygen atoms in total. The maximum atomic E-state index is 12.4. The molecule has 0 saturated carbocycles. The van der Waals surface area contributed by atoms with Gasteiger partial charge in [-0.05, 0) is 19.1 Å². The molecule has 0 amide bonds. The van der Waals surface area contributed by atoms with E-state index >= 15 is 0 Å². The Labute approximate surface area is 101 Å². The molecule has 0 saturated heterocycles. The van der Waals surface area contributed by atoms with Gasteiger partial charge >= 0.3 is 6.18 Å². The topological polar surface area (TPSA) is 54.2 Å². The van der Waals surface area contributed by atoms with Gasteiger partial charge in [0.1, 0.15) is 18.5 Å². The first kappa shape index (κ1) is 14.0. The summed E-state index contributed by atoms with van der Waals surface area (Å²) in [6.07, 6.45) is -4.39. The van der Waals surface area contributed by atoms with Gasteiger partial charge in [0.25, 0.3) is 0 Å². The maximum absolute atomic E-state index is 12.4. The van der Waals surface area contributed by atoms with Crippen molar-refractivity contribution in [2.75, 3.05) is 7.11 Å². The average Bonchev–Trinajstić information content (AvgIpc) is 2.34. The van der Waals surface area contributed by atoms with Crippen molar-refractivity contribution in [2.24, 2.45) is 10.3 Å². The lowest BCUT2D eigenvalue weighted by molar-refractivity contribution is -0.137. The summed E-state index contributed by atoms with van der Waals surface area (Å²) in [5.74, 6) is 0. The monoisotopic (exact) mass is 260 g/mol. The second kappa shape index (κ2) is 5.52. The first-order valence-electron chi connectivity index (χ1n) is 4.88. The smallest absolute Gasteiger partial charge is 0.411 e. The largest absolute Gasteiger partial charge is 0.416 e. The molecule has 0 spiro atoms. The van der Waals surface area contributed by atoms with Gasteiger partial charge in [0.05, 0.1) is 5.56 Å². The van der Waals surface area contributed by atoms with Crippen molar-refractivity contribution in [1.29, 1.82) is 0 Å². The Kier molecular flexibility index (Phi) is 4.30. The van der Waals surface area contributed by atoms with E-state index in [9.17, 15) is 13.2 Å². The zero-order valence-corrected chi connectivity index (χ0v) is 9.69. The highest BCUT2D eigenvalue weighted by Crippen LogP contribution is 2.29. The summed E-state index contributed by atoms with van der Waals surface area (Å²) in [6, 6.07) is 4.31. The molecule has 7 heteroatoms. The van der Waals surface area contributed by atoms with E-state index in [0.717, 1.165) is 12.1 Å². The molecule has 1 N–H and O–H groups in total. The van der Waals surface area contributed by atoms with Gasteiger partial charge < -0.3 is 10.0 Å².